The van der Waals surface area contributed by atoms with Gasteiger partial charge in [-0.05, 0) is 59.3 Å². The second-order valence-corrected chi connectivity index (χ2v) is 5.31. The third-order valence-corrected chi connectivity index (χ3v) is 3.45. The Morgan fingerprint density at radius 3 is 2.86 bits per heavy atom. The SMILES string of the molecule is CCOc1ccc(/C=N/Nc2ccc([N+](=O)[O-])cn2)cc1I. The van der Waals surface area contributed by atoms with Gasteiger partial charge in [0.25, 0.3) is 5.69 Å². The first-order valence-corrected chi connectivity index (χ1v) is 7.50. The van der Waals surface area contributed by atoms with Gasteiger partial charge < -0.3 is 4.74 Å². The Morgan fingerprint density at radius 2 is 2.27 bits per heavy atom. The zero-order chi connectivity index (χ0) is 15.9. The van der Waals surface area contributed by atoms with Gasteiger partial charge in [-0.3, -0.25) is 15.5 Å². The van der Waals surface area contributed by atoms with Crippen LogP contribution >= 0.6 is 22.6 Å². The number of halogens is 1. The van der Waals surface area contributed by atoms with E-state index in [1.54, 1.807) is 6.21 Å². The fourth-order valence-corrected chi connectivity index (χ4v) is 2.30. The number of pyridine rings is 1. The fraction of sp³-hybridized carbons (Fsp3) is 0.143. The molecule has 7 nitrogen and oxygen atoms in total. The number of anilines is 1. The summed E-state index contributed by atoms with van der Waals surface area (Å²) < 4.78 is 6.46. The van der Waals surface area contributed by atoms with Crippen LogP contribution in [0.3, 0.4) is 0 Å². The second-order valence-electron chi connectivity index (χ2n) is 4.15. The van der Waals surface area contributed by atoms with Crippen molar-refractivity contribution < 1.29 is 9.66 Å². The molecule has 0 atom stereocenters. The maximum absolute atomic E-state index is 10.5. The summed E-state index contributed by atoms with van der Waals surface area (Å²) in [6.07, 6.45) is 2.82. The molecule has 0 amide bonds. The summed E-state index contributed by atoms with van der Waals surface area (Å²) >= 11 is 2.20. The van der Waals surface area contributed by atoms with Gasteiger partial charge in [0.2, 0.25) is 0 Å². The van der Waals surface area contributed by atoms with Gasteiger partial charge in [0.1, 0.15) is 17.8 Å². The third-order valence-electron chi connectivity index (χ3n) is 2.61. The van der Waals surface area contributed by atoms with E-state index in [2.05, 4.69) is 38.1 Å². The van der Waals surface area contributed by atoms with Crippen LogP contribution in [0.5, 0.6) is 5.75 Å². The molecule has 8 heteroatoms. The standard InChI is InChI=1S/C14H13IN4O3/c1-2-22-13-5-3-10(7-12(13)15)8-17-18-14-6-4-11(9-16-14)19(20)21/h3-9H,2H2,1H3,(H,16,18)/b17-8+. The molecule has 0 fully saturated rings. The zero-order valence-corrected chi connectivity index (χ0v) is 13.9. The van der Waals surface area contributed by atoms with Gasteiger partial charge in [-0.2, -0.15) is 5.10 Å². The van der Waals surface area contributed by atoms with Crippen molar-refractivity contribution >= 4 is 40.3 Å². The van der Waals surface area contributed by atoms with Crippen LogP contribution in [0.2, 0.25) is 0 Å². The van der Waals surface area contributed by atoms with Crippen molar-refractivity contribution in [1.29, 1.82) is 0 Å². The Hall–Kier alpha value is -2.23. The minimum absolute atomic E-state index is 0.0596. The molecule has 2 rings (SSSR count). The van der Waals surface area contributed by atoms with Crippen molar-refractivity contribution in [1.82, 2.24) is 4.98 Å². The molecule has 1 aromatic heterocycles. The largest absolute Gasteiger partial charge is 0.493 e. The molecule has 114 valence electrons. The summed E-state index contributed by atoms with van der Waals surface area (Å²) in [4.78, 5) is 13.9. The molecular weight excluding hydrogens is 399 g/mol. The highest BCUT2D eigenvalue weighted by molar-refractivity contribution is 14.1. The molecule has 2 aromatic rings. The second kappa shape index (κ2) is 7.69. The van der Waals surface area contributed by atoms with E-state index in [0.29, 0.717) is 12.4 Å². The van der Waals surface area contributed by atoms with Crippen molar-refractivity contribution in [2.24, 2.45) is 5.10 Å². The summed E-state index contributed by atoms with van der Waals surface area (Å²) in [6, 6.07) is 8.58. The maximum Gasteiger partial charge on any atom is 0.287 e. The fourth-order valence-electron chi connectivity index (χ4n) is 1.60. The van der Waals surface area contributed by atoms with Crippen molar-refractivity contribution in [2.45, 2.75) is 6.92 Å². The number of benzene rings is 1. The number of aromatic nitrogens is 1. The number of nitro groups is 1. The van der Waals surface area contributed by atoms with Crippen LogP contribution in [0.25, 0.3) is 0 Å². The molecule has 0 bridgehead atoms. The van der Waals surface area contributed by atoms with Crippen LogP contribution < -0.4 is 10.2 Å². The smallest absolute Gasteiger partial charge is 0.287 e. The minimum atomic E-state index is -0.498. The normalized spacial score (nSPS) is 10.6. The van der Waals surface area contributed by atoms with Crippen LogP contribution in [0.1, 0.15) is 12.5 Å². The lowest BCUT2D eigenvalue weighted by Gasteiger charge is -2.05. The summed E-state index contributed by atoms with van der Waals surface area (Å²) in [5.41, 5.74) is 3.57. The van der Waals surface area contributed by atoms with Crippen LogP contribution in [0.15, 0.2) is 41.6 Å². The van der Waals surface area contributed by atoms with Crippen LogP contribution in [0, 0.1) is 13.7 Å². The molecule has 0 aliphatic carbocycles. The average molecular weight is 412 g/mol. The number of hydrazone groups is 1. The molecule has 0 radical (unpaired) electrons. The Kier molecular flexibility index (Phi) is 5.64. The summed E-state index contributed by atoms with van der Waals surface area (Å²) in [5.74, 6) is 1.27. The first-order chi connectivity index (χ1) is 10.6. The first kappa shape index (κ1) is 16.1. The van der Waals surface area contributed by atoms with E-state index in [4.69, 9.17) is 4.74 Å². The number of nitrogens with one attached hydrogen (secondary N) is 1. The van der Waals surface area contributed by atoms with Crippen molar-refractivity contribution in [2.75, 3.05) is 12.0 Å². The molecule has 0 aliphatic rings. The molecule has 0 saturated heterocycles. The topological polar surface area (TPSA) is 89.6 Å². The van der Waals surface area contributed by atoms with E-state index in [9.17, 15) is 10.1 Å². The highest BCUT2D eigenvalue weighted by Crippen LogP contribution is 2.21. The van der Waals surface area contributed by atoms with E-state index in [1.807, 2.05) is 25.1 Å². The monoisotopic (exact) mass is 412 g/mol. The van der Waals surface area contributed by atoms with Crippen molar-refractivity contribution in [3.8, 4) is 5.75 Å². The molecule has 0 unspecified atom stereocenters. The van der Waals surface area contributed by atoms with Gasteiger partial charge >= 0.3 is 0 Å². The van der Waals surface area contributed by atoms with Gasteiger partial charge in [-0.15, -0.1) is 0 Å². The van der Waals surface area contributed by atoms with Crippen molar-refractivity contribution in [3.05, 3.63) is 55.8 Å². The van der Waals surface area contributed by atoms with E-state index in [1.165, 1.54) is 18.3 Å². The maximum atomic E-state index is 10.5. The predicted octanol–water partition coefficient (Wildman–Crippen LogP) is 3.44. The average Bonchev–Trinajstić information content (AvgIpc) is 2.50. The van der Waals surface area contributed by atoms with E-state index < -0.39 is 4.92 Å². The van der Waals surface area contributed by atoms with E-state index >= 15 is 0 Å². The van der Waals surface area contributed by atoms with E-state index in [-0.39, 0.29) is 5.69 Å². The number of hydrogen-bond acceptors (Lipinski definition) is 6. The van der Waals surface area contributed by atoms with Gasteiger partial charge in [0, 0.05) is 6.07 Å². The van der Waals surface area contributed by atoms with Gasteiger partial charge in [0.15, 0.2) is 0 Å². The Bertz CT molecular complexity index is 689. The quantitative estimate of drug-likeness (QED) is 0.340. The third kappa shape index (κ3) is 4.38. The Morgan fingerprint density at radius 1 is 1.45 bits per heavy atom. The van der Waals surface area contributed by atoms with Gasteiger partial charge in [-0.25, -0.2) is 4.98 Å². The predicted molar refractivity (Wildman–Crippen MR) is 92.4 cm³/mol. The summed E-state index contributed by atoms with van der Waals surface area (Å²) in [6.45, 7) is 2.56. The lowest BCUT2D eigenvalue weighted by Crippen LogP contribution is -1.96. The molecule has 0 spiro atoms. The Labute approximate surface area is 140 Å². The number of rotatable bonds is 6. The number of hydrogen-bond donors (Lipinski definition) is 1. The molecule has 1 heterocycles. The highest BCUT2D eigenvalue weighted by Gasteiger charge is 2.04. The van der Waals surface area contributed by atoms with E-state index in [0.717, 1.165) is 14.9 Å². The van der Waals surface area contributed by atoms with Crippen LogP contribution in [0.4, 0.5) is 11.5 Å². The molecule has 1 N–H and O–H groups in total. The minimum Gasteiger partial charge on any atom is -0.493 e. The molecular formula is C14H13IN4O3. The summed E-state index contributed by atoms with van der Waals surface area (Å²) in [5, 5.41) is 14.6. The van der Waals surface area contributed by atoms with Crippen LogP contribution in [-0.4, -0.2) is 22.7 Å². The molecule has 0 saturated carbocycles. The Balaban J connectivity index is 2.00. The summed E-state index contributed by atoms with van der Waals surface area (Å²) in [7, 11) is 0. The highest BCUT2D eigenvalue weighted by atomic mass is 127. The lowest BCUT2D eigenvalue weighted by atomic mass is 10.2. The molecule has 1 aromatic carbocycles. The van der Waals surface area contributed by atoms with Gasteiger partial charge in [0.05, 0.1) is 21.3 Å². The number of nitrogens with zero attached hydrogens (tertiary/aromatic N) is 3. The molecule has 0 aliphatic heterocycles. The first-order valence-electron chi connectivity index (χ1n) is 6.42. The van der Waals surface area contributed by atoms with Crippen LogP contribution in [-0.2, 0) is 0 Å². The lowest BCUT2D eigenvalue weighted by molar-refractivity contribution is -0.385. The zero-order valence-electron chi connectivity index (χ0n) is 11.7. The van der Waals surface area contributed by atoms with Gasteiger partial charge in [-0.1, -0.05) is 0 Å². The number of ether oxygens (including phenoxy) is 1. The van der Waals surface area contributed by atoms with Crippen molar-refractivity contribution in [3.63, 3.8) is 0 Å². The molecule has 22 heavy (non-hydrogen) atoms.